The van der Waals surface area contributed by atoms with E-state index >= 15 is 0 Å². The van der Waals surface area contributed by atoms with Crippen molar-refractivity contribution in [1.29, 1.82) is 0 Å². The Morgan fingerprint density at radius 2 is 1.18 bits per heavy atom. The Kier molecular flexibility index (Phi) is 15.1. The van der Waals surface area contributed by atoms with Crippen LogP contribution in [0.25, 0.3) is 0 Å². The highest BCUT2D eigenvalue weighted by molar-refractivity contribution is 5.70. The van der Waals surface area contributed by atoms with Crippen LogP contribution in [0.15, 0.2) is 24.3 Å². The van der Waals surface area contributed by atoms with Crippen molar-refractivity contribution in [2.75, 3.05) is 5.48 Å². The third kappa shape index (κ3) is 14.4. The van der Waals surface area contributed by atoms with Gasteiger partial charge in [-0.25, -0.2) is 10.3 Å². The molecule has 0 aliphatic rings. The molecular formula is C24H41NO3. The van der Waals surface area contributed by atoms with Crippen LogP contribution in [0.4, 0.5) is 5.69 Å². The van der Waals surface area contributed by atoms with E-state index in [-0.39, 0.29) is 11.7 Å². The Balaban J connectivity index is 1.80. The number of aromatic hydroxyl groups is 1. The first-order chi connectivity index (χ1) is 13.7. The quantitative estimate of drug-likeness (QED) is 0.154. The van der Waals surface area contributed by atoms with Crippen molar-refractivity contribution < 1.29 is 14.7 Å². The minimum absolute atomic E-state index is 0.190. The molecule has 4 nitrogen and oxygen atoms in total. The van der Waals surface area contributed by atoms with Crippen LogP contribution in [-0.2, 0) is 9.63 Å². The fraction of sp³-hybridized carbons (Fsp3) is 0.708. The monoisotopic (exact) mass is 391 g/mol. The van der Waals surface area contributed by atoms with E-state index in [2.05, 4.69) is 12.4 Å². The number of anilines is 1. The molecule has 0 atom stereocenters. The van der Waals surface area contributed by atoms with Gasteiger partial charge in [0.1, 0.15) is 5.75 Å². The van der Waals surface area contributed by atoms with Crippen LogP contribution in [-0.4, -0.2) is 11.1 Å². The van der Waals surface area contributed by atoms with Gasteiger partial charge in [-0.05, 0) is 30.7 Å². The molecule has 0 aliphatic heterocycles. The largest absolute Gasteiger partial charge is 0.508 e. The lowest BCUT2D eigenvalue weighted by Gasteiger charge is -2.07. The summed E-state index contributed by atoms with van der Waals surface area (Å²) in [6, 6.07) is 6.42. The topological polar surface area (TPSA) is 58.6 Å². The summed E-state index contributed by atoms with van der Waals surface area (Å²) in [7, 11) is 0. The Bertz CT molecular complexity index is 487. The average Bonchev–Trinajstić information content (AvgIpc) is 2.70. The van der Waals surface area contributed by atoms with E-state index in [9.17, 15) is 9.90 Å². The van der Waals surface area contributed by atoms with Gasteiger partial charge in [0.25, 0.3) is 0 Å². The van der Waals surface area contributed by atoms with Crippen molar-refractivity contribution in [2.24, 2.45) is 0 Å². The highest BCUT2D eigenvalue weighted by Gasteiger charge is 2.03. The van der Waals surface area contributed by atoms with Crippen molar-refractivity contribution >= 4 is 11.7 Å². The highest BCUT2D eigenvalue weighted by Crippen LogP contribution is 2.15. The first kappa shape index (κ1) is 24.3. The van der Waals surface area contributed by atoms with E-state index in [4.69, 9.17) is 4.84 Å². The normalized spacial score (nSPS) is 10.8. The first-order valence-corrected chi connectivity index (χ1v) is 11.5. The zero-order valence-electron chi connectivity index (χ0n) is 17.9. The van der Waals surface area contributed by atoms with Crippen LogP contribution in [0.5, 0.6) is 5.75 Å². The molecule has 28 heavy (non-hydrogen) atoms. The summed E-state index contributed by atoms with van der Waals surface area (Å²) in [4.78, 5) is 16.7. The predicted molar refractivity (Wildman–Crippen MR) is 117 cm³/mol. The third-order valence-corrected chi connectivity index (χ3v) is 5.13. The molecule has 1 aromatic carbocycles. The van der Waals surface area contributed by atoms with Gasteiger partial charge in [0.15, 0.2) is 0 Å². The summed E-state index contributed by atoms with van der Waals surface area (Å²) in [6.45, 7) is 2.27. The van der Waals surface area contributed by atoms with E-state index in [0.717, 1.165) is 12.8 Å². The molecular weight excluding hydrogens is 350 g/mol. The molecule has 160 valence electrons. The van der Waals surface area contributed by atoms with Gasteiger partial charge in [-0.3, -0.25) is 0 Å². The number of benzene rings is 1. The molecule has 0 radical (unpaired) electrons. The molecule has 2 N–H and O–H groups in total. The zero-order valence-corrected chi connectivity index (χ0v) is 17.9. The van der Waals surface area contributed by atoms with Gasteiger partial charge in [-0.1, -0.05) is 96.8 Å². The van der Waals surface area contributed by atoms with E-state index < -0.39 is 0 Å². The molecule has 0 heterocycles. The van der Waals surface area contributed by atoms with E-state index in [1.807, 2.05) is 0 Å². The van der Waals surface area contributed by atoms with Crippen molar-refractivity contribution in [2.45, 2.75) is 110 Å². The lowest BCUT2D eigenvalue weighted by Crippen LogP contribution is -2.09. The minimum atomic E-state index is -0.234. The second-order valence-corrected chi connectivity index (χ2v) is 7.82. The molecule has 0 saturated heterocycles. The number of hydrogen-bond acceptors (Lipinski definition) is 4. The van der Waals surface area contributed by atoms with Crippen LogP contribution in [0.2, 0.25) is 0 Å². The molecule has 0 amide bonds. The van der Waals surface area contributed by atoms with Crippen LogP contribution >= 0.6 is 0 Å². The average molecular weight is 392 g/mol. The zero-order chi connectivity index (χ0) is 20.3. The lowest BCUT2D eigenvalue weighted by atomic mass is 10.0. The molecule has 0 spiro atoms. The van der Waals surface area contributed by atoms with Crippen LogP contribution in [0, 0.1) is 0 Å². The van der Waals surface area contributed by atoms with Gasteiger partial charge in [0.05, 0.1) is 5.69 Å². The van der Waals surface area contributed by atoms with E-state index in [0.29, 0.717) is 12.1 Å². The summed E-state index contributed by atoms with van der Waals surface area (Å²) >= 11 is 0. The third-order valence-electron chi connectivity index (χ3n) is 5.13. The minimum Gasteiger partial charge on any atom is -0.508 e. The molecule has 0 saturated carbocycles. The molecule has 0 bridgehead atoms. The molecule has 1 aromatic rings. The maximum Gasteiger partial charge on any atom is 0.332 e. The lowest BCUT2D eigenvalue weighted by molar-refractivity contribution is -0.140. The number of rotatable bonds is 18. The number of carbonyl (C=O) groups excluding carboxylic acids is 1. The van der Waals surface area contributed by atoms with Crippen LogP contribution in [0.3, 0.4) is 0 Å². The molecule has 0 aromatic heterocycles. The number of carbonyl (C=O) groups is 1. The Labute approximate surface area is 172 Å². The predicted octanol–water partition coefficient (Wildman–Crippen LogP) is 7.52. The second-order valence-electron chi connectivity index (χ2n) is 7.82. The fourth-order valence-corrected chi connectivity index (χ4v) is 3.34. The van der Waals surface area contributed by atoms with Crippen molar-refractivity contribution in [3.8, 4) is 5.75 Å². The molecule has 0 aliphatic carbocycles. The number of phenols is 1. The molecule has 0 fully saturated rings. The SMILES string of the molecule is CCCCCCCCCCCCCCCCCC(=O)ONc1ccc(O)cc1. The van der Waals surface area contributed by atoms with Crippen molar-refractivity contribution in [3.05, 3.63) is 24.3 Å². The van der Waals surface area contributed by atoms with Gasteiger partial charge in [-0.2, -0.15) is 0 Å². The van der Waals surface area contributed by atoms with Crippen LogP contribution < -0.4 is 5.48 Å². The van der Waals surface area contributed by atoms with Gasteiger partial charge in [0, 0.05) is 6.42 Å². The maximum absolute atomic E-state index is 11.7. The Hall–Kier alpha value is -1.71. The number of phenolic OH excluding ortho intramolecular Hbond substituents is 1. The smallest absolute Gasteiger partial charge is 0.332 e. The van der Waals surface area contributed by atoms with E-state index in [1.165, 1.54) is 83.5 Å². The Morgan fingerprint density at radius 1 is 0.750 bits per heavy atom. The summed E-state index contributed by atoms with van der Waals surface area (Å²) in [5.74, 6) is -0.0440. The molecule has 1 rings (SSSR count). The fourth-order valence-electron chi connectivity index (χ4n) is 3.34. The van der Waals surface area contributed by atoms with Gasteiger partial charge >= 0.3 is 5.97 Å². The Morgan fingerprint density at radius 3 is 1.64 bits per heavy atom. The van der Waals surface area contributed by atoms with Gasteiger partial charge in [0.2, 0.25) is 0 Å². The molecule has 0 unspecified atom stereocenters. The summed E-state index contributed by atoms with van der Waals surface area (Å²) in [5.41, 5.74) is 3.27. The van der Waals surface area contributed by atoms with E-state index in [1.54, 1.807) is 24.3 Å². The number of nitrogens with one attached hydrogen (secondary N) is 1. The number of hydrogen-bond donors (Lipinski definition) is 2. The molecule has 4 heteroatoms. The van der Waals surface area contributed by atoms with Crippen molar-refractivity contribution in [1.82, 2.24) is 0 Å². The van der Waals surface area contributed by atoms with Crippen LogP contribution in [0.1, 0.15) is 110 Å². The second kappa shape index (κ2) is 17.4. The standard InChI is InChI=1S/C24H41NO3/c1-2-3-4-5-6-7-8-9-10-11-12-13-14-15-16-17-24(27)28-25-22-18-20-23(26)21-19-22/h18-21,25-26H,2-17H2,1H3. The first-order valence-electron chi connectivity index (χ1n) is 11.5. The highest BCUT2D eigenvalue weighted by atomic mass is 16.7. The summed E-state index contributed by atoms with van der Waals surface area (Å²) in [5, 5.41) is 9.20. The summed E-state index contributed by atoms with van der Waals surface area (Å²) < 4.78 is 0. The van der Waals surface area contributed by atoms with Crippen molar-refractivity contribution in [3.63, 3.8) is 0 Å². The summed E-state index contributed by atoms with van der Waals surface area (Å²) in [6.07, 6.45) is 20.2. The maximum atomic E-state index is 11.7. The van der Waals surface area contributed by atoms with Gasteiger partial charge in [-0.15, -0.1) is 0 Å². The van der Waals surface area contributed by atoms with Gasteiger partial charge < -0.3 is 9.94 Å². The number of unbranched alkanes of at least 4 members (excludes halogenated alkanes) is 14.